The Morgan fingerprint density at radius 3 is 2.83 bits per heavy atom. The van der Waals surface area contributed by atoms with Crippen molar-refractivity contribution in [3.8, 4) is 0 Å². The average molecular weight is 161 g/mol. The first-order chi connectivity index (χ1) is 5.77. The Hall–Kier alpha value is -1.11. The quantitative estimate of drug-likeness (QED) is 0.590. The van der Waals surface area contributed by atoms with Crippen LogP contribution in [0.5, 0.6) is 0 Å². The van der Waals surface area contributed by atoms with E-state index in [0.717, 1.165) is 24.3 Å². The average Bonchev–Trinajstić information content (AvgIpc) is 2.27. The lowest BCUT2D eigenvalue weighted by Crippen LogP contribution is -1.97. The molecule has 1 aliphatic rings. The fourth-order valence-corrected chi connectivity index (χ4v) is 1.22. The largest absolute Gasteiger partial charge is 0.284 e. The van der Waals surface area contributed by atoms with E-state index in [2.05, 4.69) is 31.2 Å². The highest BCUT2D eigenvalue weighted by molar-refractivity contribution is 6.10. The molecule has 1 nitrogen and oxygen atoms in total. The molecule has 1 heterocycles. The van der Waals surface area contributed by atoms with Crippen molar-refractivity contribution in [3.63, 3.8) is 0 Å². The number of aliphatic imine (C=N–C) groups is 1. The zero-order valence-electron chi connectivity index (χ0n) is 7.59. The van der Waals surface area contributed by atoms with Crippen LogP contribution in [0.4, 0.5) is 0 Å². The summed E-state index contributed by atoms with van der Waals surface area (Å²) in [7, 11) is 0. The minimum atomic E-state index is 0.636. The molecule has 1 aliphatic heterocycles. The minimum Gasteiger partial charge on any atom is -0.284 e. The predicted octanol–water partition coefficient (Wildman–Crippen LogP) is 2.77. The molecule has 1 atom stereocenters. The van der Waals surface area contributed by atoms with Crippen LogP contribution in [-0.4, -0.2) is 12.3 Å². The molecule has 0 aromatic heterocycles. The van der Waals surface area contributed by atoms with E-state index in [1.54, 1.807) is 6.08 Å². The van der Waals surface area contributed by atoms with Crippen LogP contribution in [0.3, 0.4) is 0 Å². The molecule has 12 heavy (non-hydrogen) atoms. The van der Waals surface area contributed by atoms with Crippen LogP contribution in [-0.2, 0) is 0 Å². The summed E-state index contributed by atoms with van der Waals surface area (Å²) >= 11 is 0. The van der Waals surface area contributed by atoms with Gasteiger partial charge in [-0.25, -0.2) is 0 Å². The first-order valence-electron chi connectivity index (χ1n) is 4.27. The Balaban J connectivity index is 2.92. The van der Waals surface area contributed by atoms with Gasteiger partial charge in [-0.3, -0.25) is 4.99 Å². The van der Waals surface area contributed by atoms with Gasteiger partial charge < -0.3 is 0 Å². The maximum atomic E-state index is 4.43. The molecule has 0 saturated heterocycles. The molecule has 1 heteroatoms. The molecule has 0 radical (unpaired) electrons. The van der Waals surface area contributed by atoms with Gasteiger partial charge in [0, 0.05) is 6.54 Å². The highest BCUT2D eigenvalue weighted by atomic mass is 14.7. The third kappa shape index (κ3) is 1.94. The topological polar surface area (TPSA) is 12.4 Å². The van der Waals surface area contributed by atoms with Crippen LogP contribution in [0.2, 0.25) is 0 Å². The van der Waals surface area contributed by atoms with Gasteiger partial charge in [-0.2, -0.15) is 0 Å². The van der Waals surface area contributed by atoms with Crippen molar-refractivity contribution in [3.05, 3.63) is 37.0 Å². The van der Waals surface area contributed by atoms with Gasteiger partial charge in [0.15, 0.2) is 0 Å². The fraction of sp³-hybridized carbons (Fsp3) is 0.364. The Kier molecular flexibility index (Phi) is 3.03. The van der Waals surface area contributed by atoms with E-state index in [1.807, 2.05) is 6.08 Å². The summed E-state index contributed by atoms with van der Waals surface area (Å²) < 4.78 is 0. The van der Waals surface area contributed by atoms with Crippen molar-refractivity contribution in [1.29, 1.82) is 0 Å². The second-order valence-corrected chi connectivity index (χ2v) is 3.13. The third-order valence-corrected chi connectivity index (χ3v) is 2.02. The van der Waals surface area contributed by atoms with Crippen molar-refractivity contribution in [2.24, 2.45) is 10.9 Å². The van der Waals surface area contributed by atoms with E-state index in [1.165, 1.54) is 0 Å². The van der Waals surface area contributed by atoms with Crippen LogP contribution in [0.1, 0.15) is 13.3 Å². The number of rotatable bonds is 2. The Morgan fingerprint density at radius 1 is 1.50 bits per heavy atom. The Morgan fingerprint density at radius 2 is 2.25 bits per heavy atom. The van der Waals surface area contributed by atoms with E-state index in [4.69, 9.17) is 0 Å². The van der Waals surface area contributed by atoms with E-state index < -0.39 is 0 Å². The smallest absolute Gasteiger partial charge is 0.0637 e. The molecule has 1 rings (SSSR count). The van der Waals surface area contributed by atoms with Crippen molar-refractivity contribution in [1.82, 2.24) is 0 Å². The standard InChI is InChI=1S/C11H15N/c1-4-10-7-6-9(3)8-12-11(10)5-2/h4-5,7,9H,1-2,6,8H2,3H3. The Labute approximate surface area is 74.2 Å². The van der Waals surface area contributed by atoms with Gasteiger partial charge in [0.25, 0.3) is 0 Å². The lowest BCUT2D eigenvalue weighted by Gasteiger charge is -1.99. The zero-order chi connectivity index (χ0) is 8.97. The number of nitrogens with zero attached hydrogens (tertiary/aromatic N) is 1. The highest BCUT2D eigenvalue weighted by Crippen LogP contribution is 2.14. The highest BCUT2D eigenvalue weighted by Gasteiger charge is 2.07. The van der Waals surface area contributed by atoms with E-state index in [9.17, 15) is 0 Å². The first-order valence-corrected chi connectivity index (χ1v) is 4.27. The lowest BCUT2D eigenvalue weighted by molar-refractivity contribution is 0.611. The van der Waals surface area contributed by atoms with E-state index in [-0.39, 0.29) is 0 Å². The first kappa shape index (κ1) is 8.98. The Bertz CT molecular complexity index is 220. The zero-order valence-corrected chi connectivity index (χ0v) is 7.59. The fourth-order valence-electron chi connectivity index (χ4n) is 1.22. The third-order valence-electron chi connectivity index (χ3n) is 2.02. The minimum absolute atomic E-state index is 0.636. The molecule has 0 fully saturated rings. The summed E-state index contributed by atoms with van der Waals surface area (Å²) in [6.45, 7) is 10.6. The molecular formula is C11H15N. The van der Waals surface area contributed by atoms with Gasteiger partial charge in [-0.1, -0.05) is 32.2 Å². The van der Waals surface area contributed by atoms with E-state index in [0.29, 0.717) is 5.92 Å². The van der Waals surface area contributed by atoms with Crippen LogP contribution in [0.25, 0.3) is 0 Å². The number of hydrogen-bond donors (Lipinski definition) is 0. The summed E-state index contributed by atoms with van der Waals surface area (Å²) in [5, 5.41) is 0. The maximum absolute atomic E-state index is 4.43. The van der Waals surface area contributed by atoms with Gasteiger partial charge in [0.2, 0.25) is 0 Å². The number of allylic oxidation sites excluding steroid dienone is 4. The lowest BCUT2D eigenvalue weighted by atomic mass is 10.1. The van der Waals surface area contributed by atoms with Crippen LogP contribution >= 0.6 is 0 Å². The second-order valence-electron chi connectivity index (χ2n) is 3.13. The molecule has 0 bridgehead atoms. The summed E-state index contributed by atoms with van der Waals surface area (Å²) in [5.41, 5.74) is 2.10. The molecule has 0 aromatic rings. The molecule has 0 aliphatic carbocycles. The predicted molar refractivity (Wildman–Crippen MR) is 54.6 cm³/mol. The molecule has 1 unspecified atom stereocenters. The van der Waals surface area contributed by atoms with Crippen LogP contribution < -0.4 is 0 Å². The molecular weight excluding hydrogens is 146 g/mol. The van der Waals surface area contributed by atoms with Crippen molar-refractivity contribution < 1.29 is 0 Å². The molecule has 64 valence electrons. The summed E-state index contributed by atoms with van der Waals surface area (Å²) in [5.74, 6) is 0.636. The number of hydrogen-bond acceptors (Lipinski definition) is 1. The molecule has 0 N–H and O–H groups in total. The summed E-state index contributed by atoms with van der Waals surface area (Å²) in [6, 6.07) is 0. The summed E-state index contributed by atoms with van der Waals surface area (Å²) in [4.78, 5) is 4.43. The normalized spacial score (nSPS) is 23.6. The maximum Gasteiger partial charge on any atom is 0.0637 e. The molecule has 0 amide bonds. The monoisotopic (exact) mass is 161 g/mol. The van der Waals surface area contributed by atoms with Gasteiger partial charge in [0.1, 0.15) is 0 Å². The second kappa shape index (κ2) is 4.05. The van der Waals surface area contributed by atoms with Crippen LogP contribution in [0, 0.1) is 5.92 Å². The van der Waals surface area contributed by atoms with Gasteiger partial charge >= 0.3 is 0 Å². The molecule has 0 spiro atoms. The molecule has 0 aromatic carbocycles. The van der Waals surface area contributed by atoms with Crippen molar-refractivity contribution >= 4 is 5.71 Å². The van der Waals surface area contributed by atoms with Gasteiger partial charge in [-0.15, -0.1) is 0 Å². The van der Waals surface area contributed by atoms with E-state index >= 15 is 0 Å². The van der Waals surface area contributed by atoms with Gasteiger partial charge in [0.05, 0.1) is 5.71 Å². The van der Waals surface area contributed by atoms with Crippen LogP contribution in [0.15, 0.2) is 42.0 Å². The van der Waals surface area contributed by atoms with Crippen molar-refractivity contribution in [2.75, 3.05) is 6.54 Å². The van der Waals surface area contributed by atoms with Gasteiger partial charge in [-0.05, 0) is 24.0 Å². The summed E-state index contributed by atoms with van der Waals surface area (Å²) in [6.07, 6.45) is 6.91. The SMILES string of the molecule is C=CC1=CCC(C)CN=C1C=C. The molecule has 0 saturated carbocycles. The van der Waals surface area contributed by atoms with Crippen molar-refractivity contribution in [2.45, 2.75) is 13.3 Å².